The Labute approximate surface area is 383 Å². The Morgan fingerprint density at radius 1 is 0.683 bits per heavy atom. The van der Waals surface area contributed by atoms with Crippen molar-refractivity contribution < 1.29 is 58.8 Å². The normalized spacial score (nSPS) is 14.0. The maximum atomic E-state index is 11.6. The van der Waals surface area contributed by atoms with Crippen LogP contribution in [0.3, 0.4) is 0 Å². The van der Waals surface area contributed by atoms with Crippen LogP contribution in [0.2, 0.25) is 0 Å². The first-order chi connectivity index (χ1) is 28.9. The van der Waals surface area contributed by atoms with Crippen molar-refractivity contribution in [1.29, 1.82) is 0 Å². The highest BCUT2D eigenvalue weighted by Crippen LogP contribution is 2.36. The summed E-state index contributed by atoms with van der Waals surface area (Å²) in [5.74, 6) is 0.393. The van der Waals surface area contributed by atoms with Crippen molar-refractivity contribution in [3.05, 3.63) is 106 Å². The standard InChI is InChI=1S/C13H19BN2O3.C13H13N3O4S.C6H7BrNO3S.C6H6BrNO2S/c1-9(17)16-11-8-10(6-7-15-11)14-18-12(2,3)13(4,5)19-14;1-9(17)15-13-6-10(3-4-14-13)11-5-12(21(2,19)20)8-16(18)7-11;1-12(10,11)6-2-5(7)3-8(9)4-6;1-11(9,10)6-2-5(7)3-8-4-6/h6-8H,1-5H3,(H,15,16,17);3-8H,1-2H3,(H,14,15,17);2-4,9H,1H3;2-4H,1H3/q;;+1;. The molecule has 5 aromatic rings. The molecule has 0 atom stereocenters. The fourth-order valence-corrected chi connectivity index (χ4v) is 7.87. The molecular weight excluding hydrogens is 1010 g/mol. The molecule has 338 valence electrons. The Kier molecular flexibility index (Phi) is 17.6. The summed E-state index contributed by atoms with van der Waals surface area (Å²) in [6.45, 7) is 10.8. The zero-order valence-electron chi connectivity index (χ0n) is 35.4. The summed E-state index contributed by atoms with van der Waals surface area (Å²) in [7, 11) is -10.3. The molecule has 25 heteroatoms. The van der Waals surface area contributed by atoms with Gasteiger partial charge >= 0.3 is 7.12 Å². The van der Waals surface area contributed by atoms with Gasteiger partial charge in [0, 0.05) is 72.2 Å². The van der Waals surface area contributed by atoms with E-state index in [4.69, 9.17) is 14.5 Å². The molecule has 6 heterocycles. The first-order valence-electron chi connectivity index (χ1n) is 18.0. The number of pyridine rings is 5. The molecule has 63 heavy (non-hydrogen) atoms. The molecule has 0 aromatic carbocycles. The summed E-state index contributed by atoms with van der Waals surface area (Å²) < 4.78 is 81.2. The number of nitrogens with one attached hydrogen (secondary N) is 2. The predicted octanol–water partition coefficient (Wildman–Crippen LogP) is 3.71. The van der Waals surface area contributed by atoms with Crippen LogP contribution in [0.15, 0.2) is 116 Å². The van der Waals surface area contributed by atoms with E-state index in [0.717, 1.165) is 36.6 Å². The Morgan fingerprint density at radius 2 is 1.17 bits per heavy atom. The minimum Gasteiger partial charge on any atom is -0.619 e. The van der Waals surface area contributed by atoms with Gasteiger partial charge in [-0.15, -0.1) is 0 Å². The molecule has 1 saturated heterocycles. The second-order valence-electron chi connectivity index (χ2n) is 14.7. The van der Waals surface area contributed by atoms with Gasteiger partial charge < -0.3 is 25.1 Å². The lowest BCUT2D eigenvalue weighted by Gasteiger charge is -2.32. The van der Waals surface area contributed by atoms with E-state index in [1.165, 1.54) is 63.0 Å². The molecule has 3 N–H and O–H groups in total. The highest BCUT2D eigenvalue weighted by molar-refractivity contribution is 9.10. The topological polar surface area (TPSA) is 269 Å². The van der Waals surface area contributed by atoms with E-state index in [1.807, 2.05) is 33.8 Å². The third-order valence-electron chi connectivity index (χ3n) is 8.59. The van der Waals surface area contributed by atoms with Gasteiger partial charge in [0.1, 0.15) is 21.4 Å². The van der Waals surface area contributed by atoms with Crippen LogP contribution in [0.1, 0.15) is 41.5 Å². The van der Waals surface area contributed by atoms with Gasteiger partial charge in [0.15, 0.2) is 41.9 Å². The van der Waals surface area contributed by atoms with Crippen LogP contribution in [-0.2, 0) is 48.4 Å². The largest absolute Gasteiger partial charge is 0.619 e. The van der Waals surface area contributed by atoms with Crippen LogP contribution in [0.25, 0.3) is 11.1 Å². The van der Waals surface area contributed by atoms with Gasteiger partial charge in [-0.1, -0.05) is 0 Å². The number of carbonyl (C=O) groups excluding carboxylic acids is 2. The van der Waals surface area contributed by atoms with Gasteiger partial charge in [0.05, 0.1) is 20.6 Å². The Hall–Kier alpha value is -4.92. The predicted molar refractivity (Wildman–Crippen MR) is 240 cm³/mol. The molecule has 6 rings (SSSR count). The van der Waals surface area contributed by atoms with Gasteiger partial charge in [-0.3, -0.25) is 19.8 Å². The van der Waals surface area contributed by atoms with Crippen molar-refractivity contribution in [2.24, 2.45) is 0 Å². The van der Waals surface area contributed by atoms with Gasteiger partial charge in [-0.2, -0.15) is 4.73 Å². The summed E-state index contributed by atoms with van der Waals surface area (Å²) >= 11 is 6.19. The number of hydrogen-bond acceptors (Lipinski definition) is 15. The van der Waals surface area contributed by atoms with Crippen molar-refractivity contribution in [3.8, 4) is 11.1 Å². The SMILES string of the molecule is CC(=O)Nc1cc(-c2cc(S(C)(=O)=O)c[n+]([O-])c2)ccn1.CC(=O)Nc1cc(B2OC(C)(C)C(C)(C)O2)ccn1.CS(=O)(=O)c1cc(Br)c[n+](O)c1.CS(=O)(=O)c1cncc(Br)c1. The van der Waals surface area contributed by atoms with Crippen LogP contribution >= 0.6 is 31.9 Å². The number of carbonyl (C=O) groups is 2. The van der Waals surface area contributed by atoms with Gasteiger partial charge in [-0.25, -0.2) is 35.2 Å². The zero-order valence-corrected chi connectivity index (χ0v) is 41.0. The molecule has 5 aromatic heterocycles. The molecule has 0 aliphatic carbocycles. The van der Waals surface area contributed by atoms with E-state index in [2.05, 4.69) is 57.4 Å². The average molecular weight is 1060 g/mol. The lowest BCUT2D eigenvalue weighted by Crippen LogP contribution is -2.41. The Balaban J connectivity index is 0.000000232. The van der Waals surface area contributed by atoms with E-state index >= 15 is 0 Å². The maximum absolute atomic E-state index is 11.6. The van der Waals surface area contributed by atoms with Crippen LogP contribution in [0.4, 0.5) is 11.6 Å². The second kappa shape index (κ2) is 21.2. The molecule has 0 unspecified atom stereocenters. The average Bonchev–Trinajstić information content (AvgIpc) is 3.36. The fourth-order valence-electron chi connectivity index (χ4n) is 4.87. The minimum atomic E-state index is -3.49. The third kappa shape index (κ3) is 16.6. The van der Waals surface area contributed by atoms with Gasteiger partial charge in [-0.05, 0) is 113 Å². The van der Waals surface area contributed by atoms with Crippen LogP contribution in [0.5, 0.6) is 0 Å². The van der Waals surface area contributed by atoms with Crippen LogP contribution in [-0.4, -0.2) is 94.3 Å². The smallest absolute Gasteiger partial charge is 0.495 e. The summed E-state index contributed by atoms with van der Waals surface area (Å²) in [5.41, 5.74) is 1.08. The van der Waals surface area contributed by atoms with Crippen molar-refractivity contribution in [2.75, 3.05) is 29.4 Å². The van der Waals surface area contributed by atoms with Gasteiger partial charge in [0.25, 0.3) is 0 Å². The van der Waals surface area contributed by atoms with E-state index in [9.17, 15) is 40.0 Å². The lowest BCUT2D eigenvalue weighted by atomic mass is 9.80. The highest BCUT2D eigenvalue weighted by Gasteiger charge is 2.51. The van der Waals surface area contributed by atoms with Crippen LogP contribution in [0, 0.1) is 5.21 Å². The molecule has 0 saturated carbocycles. The Bertz CT molecular complexity index is 2780. The molecule has 0 radical (unpaired) electrons. The summed E-state index contributed by atoms with van der Waals surface area (Å²) in [6.07, 6.45) is 13.9. The number of sulfone groups is 3. The number of halogens is 2. The highest BCUT2D eigenvalue weighted by atomic mass is 79.9. The minimum absolute atomic E-state index is 0.0689. The molecule has 2 amide bonds. The van der Waals surface area contributed by atoms with Crippen molar-refractivity contribution in [3.63, 3.8) is 0 Å². The number of nitrogens with zero attached hydrogens (tertiary/aromatic N) is 5. The summed E-state index contributed by atoms with van der Waals surface area (Å²) in [4.78, 5) is 34.0. The number of aromatic nitrogens is 5. The summed E-state index contributed by atoms with van der Waals surface area (Å²) in [5, 5.41) is 25.7. The Morgan fingerprint density at radius 3 is 1.65 bits per heavy atom. The molecule has 1 fully saturated rings. The fraction of sp³-hybridized carbons (Fsp3) is 0.289. The molecule has 0 bridgehead atoms. The quantitative estimate of drug-likeness (QED) is 0.0908. The van der Waals surface area contributed by atoms with E-state index < -0.39 is 36.6 Å². The molecule has 0 spiro atoms. The first-order valence-corrected chi connectivity index (χ1v) is 25.3. The second-order valence-corrected chi connectivity index (χ2v) is 22.6. The number of amides is 2. The number of hydrogen-bond donors (Lipinski definition) is 3. The zero-order chi connectivity index (χ0) is 47.7. The molecule has 1 aliphatic rings. The molecule has 1 aliphatic heterocycles. The lowest BCUT2D eigenvalue weighted by molar-refractivity contribution is -0.906. The summed E-state index contributed by atoms with van der Waals surface area (Å²) in [6, 6.07) is 11.1. The van der Waals surface area contributed by atoms with Crippen LogP contribution < -0.4 is 25.6 Å². The molecule has 19 nitrogen and oxygen atoms in total. The van der Waals surface area contributed by atoms with Gasteiger partial charge in [0.2, 0.25) is 24.2 Å². The van der Waals surface area contributed by atoms with E-state index in [0.29, 0.717) is 41.2 Å². The van der Waals surface area contributed by atoms with E-state index in [1.54, 1.807) is 24.4 Å². The molecular formula is C38H45BBr2N7O12S3+. The monoisotopic (exact) mass is 1060 g/mol. The van der Waals surface area contributed by atoms with Crippen molar-refractivity contribution in [2.45, 2.75) is 67.4 Å². The first kappa shape index (κ1) is 52.4. The van der Waals surface area contributed by atoms with Crippen molar-refractivity contribution >= 4 is 97.4 Å². The maximum Gasteiger partial charge on any atom is 0.495 e. The van der Waals surface area contributed by atoms with Crippen molar-refractivity contribution in [1.82, 2.24) is 15.0 Å². The number of anilines is 2. The third-order valence-corrected chi connectivity index (χ3v) is 12.7. The van der Waals surface area contributed by atoms with E-state index in [-0.39, 0.29) is 37.7 Å². The number of rotatable bonds is 7.